The van der Waals surface area contributed by atoms with Gasteiger partial charge >= 0.3 is 5.97 Å². The van der Waals surface area contributed by atoms with Gasteiger partial charge in [-0.2, -0.15) is 17.0 Å². The smallest absolute Gasteiger partial charge is 0.346 e. The zero-order valence-corrected chi connectivity index (χ0v) is 10.5. The van der Waals surface area contributed by atoms with Gasteiger partial charge in [0.2, 0.25) is 11.4 Å². The van der Waals surface area contributed by atoms with Gasteiger partial charge in [-0.05, 0) is 18.9 Å². The van der Waals surface area contributed by atoms with E-state index < -0.39 is 17.4 Å². The van der Waals surface area contributed by atoms with Gasteiger partial charge in [0.05, 0.1) is 6.61 Å². The molecule has 5 nitrogen and oxygen atoms in total. The van der Waals surface area contributed by atoms with Gasteiger partial charge in [-0.15, -0.1) is 0 Å². The molecule has 0 aromatic carbocycles. The Hall–Kier alpha value is -1.22. The van der Waals surface area contributed by atoms with Gasteiger partial charge in [0.1, 0.15) is 6.07 Å². The minimum atomic E-state index is -1.55. The first-order valence-corrected chi connectivity index (χ1v) is 6.28. The number of carbonyl (C=O) groups is 2. The van der Waals surface area contributed by atoms with E-state index in [0.29, 0.717) is 5.75 Å². The molecule has 0 saturated carbocycles. The van der Waals surface area contributed by atoms with Crippen LogP contribution in [-0.4, -0.2) is 36.0 Å². The number of hydrogen-bond acceptors (Lipinski definition) is 5. The summed E-state index contributed by atoms with van der Waals surface area (Å²) in [5.41, 5.74) is -1.55. The Balaban J connectivity index is 4.88. The monoisotopic (exact) mass is 244 g/mol. The molecule has 0 radical (unpaired) electrons. The largest absolute Gasteiger partial charge is 0.463 e. The van der Waals surface area contributed by atoms with E-state index in [0.717, 1.165) is 0 Å². The van der Waals surface area contributed by atoms with E-state index >= 15 is 0 Å². The van der Waals surface area contributed by atoms with Crippen molar-refractivity contribution < 1.29 is 14.3 Å². The predicted molar refractivity (Wildman–Crippen MR) is 61.8 cm³/mol. The molecule has 90 valence electrons. The molecule has 1 amide bonds. The van der Waals surface area contributed by atoms with Crippen LogP contribution in [0.5, 0.6) is 0 Å². The van der Waals surface area contributed by atoms with Gasteiger partial charge in [-0.25, -0.2) is 4.79 Å². The number of nitrogens with zero attached hydrogens (tertiary/aromatic N) is 1. The molecule has 0 aliphatic rings. The van der Waals surface area contributed by atoms with Gasteiger partial charge in [-0.3, -0.25) is 4.79 Å². The second kappa shape index (κ2) is 7.12. The standard InChI is InChI=1S/C10H16N2O3S/c1-4-15-9(14)10(7-11,5-6-16-3)12-8(2)13/h4-6H2,1-3H3,(H,12,13). The lowest BCUT2D eigenvalue weighted by Crippen LogP contribution is -2.54. The molecule has 1 N–H and O–H groups in total. The van der Waals surface area contributed by atoms with E-state index in [1.54, 1.807) is 6.92 Å². The van der Waals surface area contributed by atoms with Crippen LogP contribution in [0.3, 0.4) is 0 Å². The number of thioether (sulfide) groups is 1. The number of carbonyl (C=O) groups excluding carboxylic acids is 2. The first kappa shape index (κ1) is 14.8. The molecule has 0 aliphatic heterocycles. The highest BCUT2D eigenvalue weighted by atomic mass is 32.2. The summed E-state index contributed by atoms with van der Waals surface area (Å²) in [6, 6.07) is 1.85. The molecule has 16 heavy (non-hydrogen) atoms. The average molecular weight is 244 g/mol. The molecule has 0 rings (SSSR count). The van der Waals surface area contributed by atoms with E-state index in [-0.39, 0.29) is 13.0 Å². The Bertz CT molecular complexity index is 301. The first-order chi connectivity index (χ1) is 7.52. The van der Waals surface area contributed by atoms with Crippen LogP contribution in [0.4, 0.5) is 0 Å². The number of nitrogens with one attached hydrogen (secondary N) is 1. The Kier molecular flexibility index (Phi) is 6.58. The lowest BCUT2D eigenvalue weighted by Gasteiger charge is -2.24. The highest BCUT2D eigenvalue weighted by Crippen LogP contribution is 2.15. The molecule has 0 heterocycles. The van der Waals surface area contributed by atoms with E-state index in [2.05, 4.69) is 5.32 Å². The van der Waals surface area contributed by atoms with Gasteiger partial charge in [0.15, 0.2) is 0 Å². The number of hydrogen-bond donors (Lipinski definition) is 1. The summed E-state index contributed by atoms with van der Waals surface area (Å²) in [6.07, 6.45) is 2.10. The van der Waals surface area contributed by atoms with Crippen LogP contribution in [0.25, 0.3) is 0 Å². The maximum atomic E-state index is 11.7. The molecule has 6 heteroatoms. The van der Waals surface area contributed by atoms with E-state index in [1.165, 1.54) is 18.7 Å². The Labute approximate surface area is 99.5 Å². The highest BCUT2D eigenvalue weighted by Gasteiger charge is 2.40. The molecule has 1 atom stereocenters. The van der Waals surface area contributed by atoms with Crippen LogP contribution < -0.4 is 5.32 Å². The first-order valence-electron chi connectivity index (χ1n) is 4.88. The van der Waals surface area contributed by atoms with Gasteiger partial charge < -0.3 is 10.1 Å². The third-order valence-corrected chi connectivity index (χ3v) is 2.50. The molecular weight excluding hydrogens is 228 g/mol. The van der Waals surface area contributed by atoms with Crippen molar-refractivity contribution in [3.63, 3.8) is 0 Å². The van der Waals surface area contributed by atoms with E-state index in [4.69, 9.17) is 10.00 Å². The van der Waals surface area contributed by atoms with Crippen molar-refractivity contribution in [3.8, 4) is 6.07 Å². The Morgan fingerprint density at radius 3 is 2.56 bits per heavy atom. The lowest BCUT2D eigenvalue weighted by molar-refractivity contribution is -0.150. The topological polar surface area (TPSA) is 79.2 Å². The fourth-order valence-electron chi connectivity index (χ4n) is 1.16. The summed E-state index contributed by atoms with van der Waals surface area (Å²) in [7, 11) is 0. The van der Waals surface area contributed by atoms with Crippen LogP contribution in [0, 0.1) is 11.3 Å². The van der Waals surface area contributed by atoms with Gasteiger partial charge in [-0.1, -0.05) is 0 Å². The second-order valence-electron chi connectivity index (χ2n) is 3.16. The lowest BCUT2D eigenvalue weighted by atomic mass is 9.98. The third kappa shape index (κ3) is 4.11. The number of amides is 1. The summed E-state index contributed by atoms with van der Waals surface area (Å²) < 4.78 is 4.81. The fourth-order valence-corrected chi connectivity index (χ4v) is 1.67. The maximum absolute atomic E-state index is 11.7. The zero-order valence-electron chi connectivity index (χ0n) is 9.70. The minimum absolute atomic E-state index is 0.182. The normalized spacial score (nSPS) is 13.4. The van der Waals surface area contributed by atoms with Crippen LogP contribution in [-0.2, 0) is 14.3 Å². The average Bonchev–Trinajstić information content (AvgIpc) is 2.24. The molecule has 0 spiro atoms. The molecule has 0 aromatic heterocycles. The molecule has 0 fully saturated rings. The quantitative estimate of drug-likeness (QED) is 0.696. The second-order valence-corrected chi connectivity index (χ2v) is 4.15. The molecule has 0 aliphatic carbocycles. The molecule has 0 aromatic rings. The Morgan fingerprint density at radius 2 is 2.19 bits per heavy atom. The van der Waals surface area contributed by atoms with Crippen molar-refractivity contribution >= 4 is 23.6 Å². The van der Waals surface area contributed by atoms with Crippen molar-refractivity contribution in [2.75, 3.05) is 18.6 Å². The number of rotatable bonds is 6. The van der Waals surface area contributed by atoms with Crippen LogP contribution in [0.15, 0.2) is 0 Å². The van der Waals surface area contributed by atoms with Crippen LogP contribution in [0.2, 0.25) is 0 Å². The fraction of sp³-hybridized carbons (Fsp3) is 0.700. The SMILES string of the molecule is CCOC(=O)C(C#N)(CCSC)NC(C)=O. The van der Waals surface area contributed by atoms with Crippen molar-refractivity contribution in [1.29, 1.82) is 5.26 Å². The number of ether oxygens (including phenoxy) is 1. The van der Waals surface area contributed by atoms with Crippen molar-refractivity contribution in [2.45, 2.75) is 25.8 Å². The highest BCUT2D eigenvalue weighted by molar-refractivity contribution is 7.98. The summed E-state index contributed by atoms with van der Waals surface area (Å²) in [5.74, 6) is -0.524. The van der Waals surface area contributed by atoms with Crippen molar-refractivity contribution in [1.82, 2.24) is 5.32 Å². The molecule has 0 bridgehead atoms. The van der Waals surface area contributed by atoms with E-state index in [9.17, 15) is 9.59 Å². The third-order valence-electron chi connectivity index (χ3n) is 1.89. The summed E-state index contributed by atoms with van der Waals surface area (Å²) in [5, 5.41) is 11.4. The number of nitriles is 1. The Morgan fingerprint density at radius 1 is 1.56 bits per heavy atom. The zero-order chi connectivity index (χ0) is 12.6. The predicted octanol–water partition coefficient (Wildman–Crippen LogP) is 0.701. The van der Waals surface area contributed by atoms with Crippen molar-refractivity contribution in [2.24, 2.45) is 0 Å². The molecule has 0 saturated heterocycles. The maximum Gasteiger partial charge on any atom is 0.346 e. The van der Waals surface area contributed by atoms with E-state index in [1.807, 2.05) is 12.3 Å². The molecule has 1 unspecified atom stereocenters. The van der Waals surface area contributed by atoms with Crippen LogP contribution >= 0.6 is 11.8 Å². The minimum Gasteiger partial charge on any atom is -0.463 e. The van der Waals surface area contributed by atoms with Gasteiger partial charge in [0, 0.05) is 13.3 Å². The van der Waals surface area contributed by atoms with Gasteiger partial charge in [0.25, 0.3) is 0 Å². The molecular formula is C10H16N2O3S. The van der Waals surface area contributed by atoms with Crippen molar-refractivity contribution in [3.05, 3.63) is 0 Å². The van der Waals surface area contributed by atoms with Crippen LogP contribution in [0.1, 0.15) is 20.3 Å². The summed E-state index contributed by atoms with van der Waals surface area (Å²) >= 11 is 1.50. The summed E-state index contributed by atoms with van der Waals surface area (Å²) in [6.45, 7) is 3.11. The number of esters is 1. The summed E-state index contributed by atoms with van der Waals surface area (Å²) in [4.78, 5) is 22.7.